The minimum atomic E-state index is 0.621. The predicted octanol–water partition coefficient (Wildman–Crippen LogP) is 4.01. The van der Waals surface area contributed by atoms with Crippen LogP contribution in [-0.2, 0) is 6.42 Å². The molecule has 2 heteroatoms. The van der Waals surface area contributed by atoms with Gasteiger partial charge in [-0.3, -0.25) is 0 Å². The van der Waals surface area contributed by atoms with Crippen molar-refractivity contribution in [2.24, 2.45) is 0 Å². The minimum Gasteiger partial charge on any atom is -0.192 e. The van der Waals surface area contributed by atoms with Crippen LogP contribution in [0.1, 0.15) is 29.2 Å². The Kier molecular flexibility index (Phi) is 3.64. The molecule has 0 amide bonds. The molecule has 0 aromatic heterocycles. The summed E-state index contributed by atoms with van der Waals surface area (Å²) in [5.74, 6) is 0. The Morgan fingerprint density at radius 3 is 2.37 bits per heavy atom. The topological polar surface area (TPSA) is 47.6 Å². The second-order valence-electron chi connectivity index (χ2n) is 4.44. The maximum Gasteiger partial charge on any atom is 0.0998 e. The lowest BCUT2D eigenvalue weighted by atomic mass is 9.91. The highest BCUT2D eigenvalue weighted by Crippen LogP contribution is 2.28. The first-order valence-corrected chi connectivity index (χ1v) is 6.19. The fourth-order valence-electron chi connectivity index (χ4n) is 2.31. The molecular weight excluding hydrogens is 232 g/mol. The number of hydrogen-bond donors (Lipinski definition) is 0. The van der Waals surface area contributed by atoms with Gasteiger partial charge in [-0.15, -0.1) is 0 Å². The Bertz CT molecular complexity index is 740. The number of fused-ring (bicyclic) bond motifs is 1. The van der Waals surface area contributed by atoms with E-state index in [1.54, 1.807) is 12.1 Å². The lowest BCUT2D eigenvalue weighted by Crippen LogP contribution is -1.94. The van der Waals surface area contributed by atoms with Crippen LogP contribution in [0, 0.1) is 29.6 Å². The highest BCUT2D eigenvalue weighted by molar-refractivity contribution is 5.95. The Labute approximate surface area is 113 Å². The molecule has 0 saturated heterocycles. The molecular formula is C17H14N2. The molecule has 0 aliphatic carbocycles. The van der Waals surface area contributed by atoms with E-state index in [0.717, 1.165) is 28.3 Å². The van der Waals surface area contributed by atoms with Crippen LogP contribution < -0.4 is 0 Å². The number of nitrogens with zero attached hydrogens (tertiary/aromatic N) is 2. The molecule has 92 valence electrons. The molecule has 19 heavy (non-hydrogen) atoms. The molecule has 0 heterocycles. The van der Waals surface area contributed by atoms with E-state index in [2.05, 4.69) is 18.2 Å². The van der Waals surface area contributed by atoms with Gasteiger partial charge in [0.2, 0.25) is 0 Å². The maximum atomic E-state index is 9.29. The van der Waals surface area contributed by atoms with Crippen LogP contribution in [-0.4, -0.2) is 0 Å². The summed E-state index contributed by atoms with van der Waals surface area (Å²) in [7, 11) is 0. The zero-order chi connectivity index (χ0) is 13.8. The molecule has 2 rings (SSSR count). The number of allylic oxidation sites excluding steroid dienone is 2. The summed E-state index contributed by atoms with van der Waals surface area (Å²) >= 11 is 0. The Morgan fingerprint density at radius 1 is 1.05 bits per heavy atom. The number of benzene rings is 2. The van der Waals surface area contributed by atoms with Crippen LogP contribution in [0.25, 0.3) is 10.8 Å². The lowest BCUT2D eigenvalue weighted by Gasteiger charge is -2.11. The van der Waals surface area contributed by atoms with E-state index < -0.39 is 0 Å². The van der Waals surface area contributed by atoms with Crippen LogP contribution >= 0.6 is 0 Å². The van der Waals surface area contributed by atoms with Crippen molar-refractivity contribution in [2.45, 2.75) is 20.3 Å². The highest BCUT2D eigenvalue weighted by Gasteiger charge is 2.11. The lowest BCUT2D eigenvalue weighted by molar-refractivity contribution is 1.23. The molecule has 0 N–H and O–H groups in total. The fraction of sp³-hybridized carbons (Fsp3) is 0.176. The van der Waals surface area contributed by atoms with Gasteiger partial charge >= 0.3 is 0 Å². The molecule has 0 unspecified atom stereocenters. The normalized spacial score (nSPS) is 10.5. The molecule has 2 aromatic rings. The minimum absolute atomic E-state index is 0.621. The van der Waals surface area contributed by atoms with Crippen molar-refractivity contribution < 1.29 is 0 Å². The number of nitriles is 2. The van der Waals surface area contributed by atoms with Crippen molar-refractivity contribution in [3.05, 3.63) is 58.7 Å². The molecule has 0 aliphatic heterocycles. The van der Waals surface area contributed by atoms with E-state index in [0.29, 0.717) is 11.1 Å². The van der Waals surface area contributed by atoms with E-state index in [4.69, 9.17) is 0 Å². The van der Waals surface area contributed by atoms with Gasteiger partial charge in [-0.2, -0.15) is 10.5 Å². The van der Waals surface area contributed by atoms with Crippen molar-refractivity contribution in [3.8, 4) is 12.1 Å². The first kappa shape index (κ1) is 12.9. The van der Waals surface area contributed by atoms with Crippen LogP contribution in [0.2, 0.25) is 0 Å². The Morgan fingerprint density at radius 2 is 1.74 bits per heavy atom. The fourth-order valence-corrected chi connectivity index (χ4v) is 2.31. The highest BCUT2D eigenvalue weighted by atomic mass is 14.3. The van der Waals surface area contributed by atoms with Gasteiger partial charge < -0.3 is 0 Å². The smallest absolute Gasteiger partial charge is 0.0998 e. The van der Waals surface area contributed by atoms with Crippen LogP contribution in [0.4, 0.5) is 0 Å². The number of hydrogen-bond acceptors (Lipinski definition) is 2. The van der Waals surface area contributed by atoms with E-state index in [9.17, 15) is 10.5 Å². The number of rotatable bonds is 2. The second-order valence-corrected chi connectivity index (χ2v) is 4.44. The summed E-state index contributed by atoms with van der Waals surface area (Å²) in [6.45, 7) is 4.02. The molecule has 2 nitrogen and oxygen atoms in total. The quantitative estimate of drug-likeness (QED) is 0.751. The first-order chi connectivity index (χ1) is 9.22. The largest absolute Gasteiger partial charge is 0.192 e. The molecule has 2 aromatic carbocycles. The van der Waals surface area contributed by atoms with E-state index in [-0.39, 0.29) is 0 Å². The van der Waals surface area contributed by atoms with Crippen molar-refractivity contribution in [2.75, 3.05) is 0 Å². The van der Waals surface area contributed by atoms with Gasteiger partial charge in [-0.1, -0.05) is 24.3 Å². The van der Waals surface area contributed by atoms with Crippen molar-refractivity contribution in [1.82, 2.24) is 0 Å². The summed E-state index contributed by atoms with van der Waals surface area (Å²) in [5, 5.41) is 20.3. The van der Waals surface area contributed by atoms with Crippen LogP contribution in [0.15, 0.2) is 36.4 Å². The zero-order valence-corrected chi connectivity index (χ0v) is 11.1. The summed E-state index contributed by atoms with van der Waals surface area (Å²) < 4.78 is 0. The van der Waals surface area contributed by atoms with Crippen molar-refractivity contribution in [3.63, 3.8) is 0 Å². The van der Waals surface area contributed by atoms with E-state index in [1.807, 2.05) is 32.1 Å². The standard InChI is InChI=1S/C17H14N2/c1-3-4-5-15-12(2)6-9-16-13(10-18)7-8-14(11-19)17(15)16/h3-4,6-9H,5H2,1-2H3/b4-3+. The van der Waals surface area contributed by atoms with Gasteiger partial charge in [-0.25, -0.2) is 0 Å². The molecule has 0 saturated carbocycles. The average molecular weight is 246 g/mol. The average Bonchev–Trinajstić information content (AvgIpc) is 2.45. The molecule has 0 aliphatic rings. The van der Waals surface area contributed by atoms with Gasteiger partial charge in [0.05, 0.1) is 23.3 Å². The van der Waals surface area contributed by atoms with E-state index in [1.165, 1.54) is 0 Å². The third-order valence-corrected chi connectivity index (χ3v) is 3.32. The summed E-state index contributed by atoms with van der Waals surface area (Å²) in [6, 6.07) is 11.8. The van der Waals surface area contributed by atoms with E-state index >= 15 is 0 Å². The van der Waals surface area contributed by atoms with Gasteiger partial charge in [0.15, 0.2) is 0 Å². The third kappa shape index (κ3) is 2.21. The van der Waals surface area contributed by atoms with Crippen LogP contribution in [0.3, 0.4) is 0 Å². The van der Waals surface area contributed by atoms with Crippen LogP contribution in [0.5, 0.6) is 0 Å². The Hall–Kier alpha value is -2.58. The first-order valence-electron chi connectivity index (χ1n) is 6.19. The predicted molar refractivity (Wildman–Crippen MR) is 76.6 cm³/mol. The molecule has 0 spiro atoms. The molecule has 0 fully saturated rings. The van der Waals surface area contributed by atoms with Gasteiger partial charge in [-0.05, 0) is 43.5 Å². The molecule has 0 radical (unpaired) electrons. The SMILES string of the molecule is C/C=C/Cc1c(C)ccc2c(C#N)ccc(C#N)c12. The van der Waals surface area contributed by atoms with Crippen molar-refractivity contribution in [1.29, 1.82) is 10.5 Å². The van der Waals surface area contributed by atoms with Crippen molar-refractivity contribution >= 4 is 10.8 Å². The molecule has 0 atom stereocenters. The summed E-state index contributed by atoms with van der Waals surface area (Å²) in [4.78, 5) is 0. The number of aryl methyl sites for hydroxylation is 1. The van der Waals surface area contributed by atoms with Gasteiger partial charge in [0, 0.05) is 10.8 Å². The zero-order valence-electron chi connectivity index (χ0n) is 11.1. The maximum absolute atomic E-state index is 9.29. The summed E-state index contributed by atoms with van der Waals surface area (Å²) in [5.41, 5.74) is 3.54. The Balaban J connectivity index is 2.90. The second kappa shape index (κ2) is 5.38. The van der Waals surface area contributed by atoms with Gasteiger partial charge in [0.25, 0.3) is 0 Å². The monoisotopic (exact) mass is 246 g/mol. The molecule has 0 bridgehead atoms. The van der Waals surface area contributed by atoms with Gasteiger partial charge in [0.1, 0.15) is 0 Å². The third-order valence-electron chi connectivity index (χ3n) is 3.32. The summed E-state index contributed by atoms with van der Waals surface area (Å²) in [6.07, 6.45) is 4.85.